The fraction of sp³-hybridized carbons (Fsp3) is 0.375. The van der Waals surface area contributed by atoms with Crippen LogP contribution in [-0.4, -0.2) is 24.1 Å². The minimum Gasteiger partial charge on any atom is -0.463 e. The molecule has 1 heterocycles. The Morgan fingerprint density at radius 1 is 1.67 bits per heavy atom. The lowest BCUT2D eigenvalue weighted by Crippen LogP contribution is -2.00. The molecule has 66 valence electrons. The Hall–Kier alpha value is -1.29. The van der Waals surface area contributed by atoms with E-state index in [-0.39, 0.29) is 30.7 Å². The molecule has 4 nitrogen and oxygen atoms in total. The van der Waals surface area contributed by atoms with Crippen molar-refractivity contribution in [2.45, 2.75) is 6.92 Å². The predicted octanol–water partition coefficient (Wildman–Crippen LogP) is 0.853. The maximum absolute atomic E-state index is 10.7. The molecule has 0 amide bonds. The van der Waals surface area contributed by atoms with Gasteiger partial charge >= 0.3 is 0 Å². The van der Waals surface area contributed by atoms with Crippen LogP contribution in [0.2, 0.25) is 0 Å². The molecule has 0 aliphatic heterocycles. The summed E-state index contributed by atoms with van der Waals surface area (Å²) in [4.78, 5) is 10.7. The highest BCUT2D eigenvalue weighted by Gasteiger charge is 2.05. The Morgan fingerprint density at radius 3 is 2.92 bits per heavy atom. The SMILES string of the molecule is CC(=O)c1ccc(OCCO)o1. The van der Waals surface area contributed by atoms with Crippen LogP contribution in [0.1, 0.15) is 17.5 Å². The number of carbonyl (C=O) groups is 1. The molecule has 0 bridgehead atoms. The Balaban J connectivity index is 2.58. The summed E-state index contributed by atoms with van der Waals surface area (Å²) >= 11 is 0. The van der Waals surface area contributed by atoms with Gasteiger partial charge in [-0.25, -0.2) is 0 Å². The largest absolute Gasteiger partial charge is 0.463 e. The molecule has 0 saturated carbocycles. The van der Waals surface area contributed by atoms with Crippen molar-refractivity contribution in [2.24, 2.45) is 0 Å². The molecule has 0 atom stereocenters. The first-order valence-corrected chi connectivity index (χ1v) is 3.58. The van der Waals surface area contributed by atoms with Crippen LogP contribution >= 0.6 is 0 Å². The van der Waals surface area contributed by atoms with Crippen LogP contribution < -0.4 is 4.74 Å². The van der Waals surface area contributed by atoms with Crippen molar-refractivity contribution < 1.29 is 19.1 Å². The Kier molecular flexibility index (Phi) is 2.88. The second-order valence-corrected chi connectivity index (χ2v) is 2.25. The summed E-state index contributed by atoms with van der Waals surface area (Å²) in [5, 5.41) is 8.41. The first kappa shape index (κ1) is 8.80. The second kappa shape index (κ2) is 3.92. The van der Waals surface area contributed by atoms with Crippen molar-refractivity contribution in [3.05, 3.63) is 17.9 Å². The number of hydrogen-bond acceptors (Lipinski definition) is 4. The predicted molar refractivity (Wildman–Crippen MR) is 41.3 cm³/mol. The van der Waals surface area contributed by atoms with Crippen molar-refractivity contribution in [1.29, 1.82) is 0 Å². The molecule has 12 heavy (non-hydrogen) atoms. The first-order valence-electron chi connectivity index (χ1n) is 3.58. The zero-order valence-corrected chi connectivity index (χ0v) is 6.74. The van der Waals surface area contributed by atoms with E-state index < -0.39 is 0 Å². The van der Waals surface area contributed by atoms with Crippen molar-refractivity contribution in [3.63, 3.8) is 0 Å². The maximum atomic E-state index is 10.7. The molecule has 0 radical (unpaired) electrons. The van der Waals surface area contributed by atoms with E-state index in [1.807, 2.05) is 0 Å². The van der Waals surface area contributed by atoms with Gasteiger partial charge in [-0.1, -0.05) is 0 Å². The normalized spacial score (nSPS) is 9.83. The topological polar surface area (TPSA) is 59.7 Å². The standard InChI is InChI=1S/C8H10O4/c1-6(10)7-2-3-8(12-7)11-5-4-9/h2-3,9H,4-5H2,1H3. The molecule has 0 unspecified atom stereocenters. The summed E-state index contributed by atoms with van der Waals surface area (Å²) in [6.45, 7) is 1.51. The molecule has 4 heteroatoms. The van der Waals surface area contributed by atoms with Gasteiger partial charge in [-0.05, 0) is 6.07 Å². The minimum absolute atomic E-state index is 0.0733. The summed E-state index contributed by atoms with van der Waals surface area (Å²) < 4.78 is 9.88. The van der Waals surface area contributed by atoms with Gasteiger partial charge in [0.25, 0.3) is 5.95 Å². The van der Waals surface area contributed by atoms with E-state index in [9.17, 15) is 4.79 Å². The molecular weight excluding hydrogens is 160 g/mol. The number of ether oxygens (including phenoxy) is 1. The number of rotatable bonds is 4. The molecule has 1 N–H and O–H groups in total. The van der Waals surface area contributed by atoms with E-state index in [0.717, 1.165) is 0 Å². The molecule has 1 rings (SSSR count). The lowest BCUT2D eigenvalue weighted by Gasteiger charge is -1.97. The third-order valence-electron chi connectivity index (χ3n) is 1.26. The van der Waals surface area contributed by atoms with Crippen LogP contribution in [0.5, 0.6) is 5.95 Å². The number of Topliss-reactive ketones (excluding diaryl/α,β-unsaturated/α-hetero) is 1. The molecule has 0 saturated heterocycles. The highest BCUT2D eigenvalue weighted by molar-refractivity contribution is 5.91. The van der Waals surface area contributed by atoms with Gasteiger partial charge in [-0.3, -0.25) is 4.79 Å². The van der Waals surface area contributed by atoms with Crippen LogP contribution in [0.4, 0.5) is 0 Å². The van der Waals surface area contributed by atoms with Gasteiger partial charge in [0.05, 0.1) is 6.61 Å². The zero-order valence-electron chi connectivity index (χ0n) is 6.74. The monoisotopic (exact) mass is 170 g/mol. The van der Waals surface area contributed by atoms with Crippen LogP contribution in [0, 0.1) is 0 Å². The van der Waals surface area contributed by atoms with Gasteiger partial charge < -0.3 is 14.3 Å². The third kappa shape index (κ3) is 2.10. The average molecular weight is 170 g/mol. The molecule has 0 spiro atoms. The minimum atomic E-state index is -0.145. The van der Waals surface area contributed by atoms with Crippen molar-refractivity contribution in [2.75, 3.05) is 13.2 Å². The Bertz CT molecular complexity index is 264. The van der Waals surface area contributed by atoms with Gasteiger partial charge in [0.1, 0.15) is 6.61 Å². The summed E-state index contributed by atoms with van der Waals surface area (Å²) in [5.41, 5.74) is 0. The summed E-state index contributed by atoms with van der Waals surface area (Å²) in [7, 11) is 0. The van der Waals surface area contributed by atoms with Crippen LogP contribution in [0.25, 0.3) is 0 Å². The van der Waals surface area contributed by atoms with E-state index >= 15 is 0 Å². The number of aliphatic hydroxyl groups is 1. The van der Waals surface area contributed by atoms with Gasteiger partial charge in [0, 0.05) is 13.0 Å². The Labute approximate surface area is 69.8 Å². The van der Waals surface area contributed by atoms with Crippen LogP contribution in [0.15, 0.2) is 16.5 Å². The smallest absolute Gasteiger partial charge is 0.284 e. The van der Waals surface area contributed by atoms with Crippen LogP contribution in [0.3, 0.4) is 0 Å². The van der Waals surface area contributed by atoms with Crippen molar-refractivity contribution in [3.8, 4) is 5.95 Å². The summed E-state index contributed by atoms with van der Waals surface area (Å²) in [6.07, 6.45) is 0. The molecule has 1 aromatic rings. The van der Waals surface area contributed by atoms with Gasteiger partial charge in [-0.15, -0.1) is 0 Å². The molecule has 1 aromatic heterocycles. The number of carbonyl (C=O) groups excluding carboxylic acids is 1. The lowest BCUT2D eigenvalue weighted by molar-refractivity contribution is 0.0975. The fourth-order valence-electron chi connectivity index (χ4n) is 0.733. The third-order valence-corrected chi connectivity index (χ3v) is 1.26. The highest BCUT2D eigenvalue weighted by atomic mass is 16.6. The van der Waals surface area contributed by atoms with E-state index in [0.29, 0.717) is 0 Å². The fourth-order valence-corrected chi connectivity index (χ4v) is 0.733. The average Bonchev–Trinajstić information content (AvgIpc) is 2.48. The number of ketones is 1. The van der Waals surface area contributed by atoms with E-state index in [2.05, 4.69) is 0 Å². The summed E-state index contributed by atoms with van der Waals surface area (Å²) in [6, 6.07) is 3.08. The number of hydrogen-bond donors (Lipinski definition) is 1. The molecule has 0 aromatic carbocycles. The van der Waals surface area contributed by atoms with Crippen LogP contribution in [-0.2, 0) is 0 Å². The van der Waals surface area contributed by atoms with Crippen molar-refractivity contribution in [1.82, 2.24) is 0 Å². The van der Waals surface area contributed by atoms with Gasteiger partial charge in [0.2, 0.25) is 0 Å². The number of aliphatic hydroxyl groups excluding tert-OH is 1. The van der Waals surface area contributed by atoms with Crippen molar-refractivity contribution >= 4 is 5.78 Å². The molecule has 0 aliphatic rings. The highest BCUT2D eigenvalue weighted by Crippen LogP contribution is 2.15. The molecular formula is C8H10O4. The number of furan rings is 1. The van der Waals surface area contributed by atoms with E-state index in [1.54, 1.807) is 6.07 Å². The van der Waals surface area contributed by atoms with Gasteiger partial charge in [-0.2, -0.15) is 0 Å². The zero-order chi connectivity index (χ0) is 8.97. The second-order valence-electron chi connectivity index (χ2n) is 2.25. The Morgan fingerprint density at radius 2 is 2.42 bits per heavy atom. The lowest BCUT2D eigenvalue weighted by atomic mass is 10.3. The van der Waals surface area contributed by atoms with E-state index in [4.69, 9.17) is 14.3 Å². The van der Waals surface area contributed by atoms with E-state index in [1.165, 1.54) is 13.0 Å². The molecule has 0 aliphatic carbocycles. The first-order chi connectivity index (χ1) is 5.74. The molecule has 0 fully saturated rings. The summed E-state index contributed by atoms with van der Waals surface area (Å²) in [5.74, 6) is 0.381. The van der Waals surface area contributed by atoms with Gasteiger partial charge in [0.15, 0.2) is 11.5 Å². The maximum Gasteiger partial charge on any atom is 0.284 e. The quantitative estimate of drug-likeness (QED) is 0.680.